The van der Waals surface area contributed by atoms with Gasteiger partial charge in [0.2, 0.25) is 0 Å². The van der Waals surface area contributed by atoms with Crippen LogP contribution in [0.1, 0.15) is 11.1 Å². The summed E-state index contributed by atoms with van der Waals surface area (Å²) in [6, 6.07) is 10.8. The quantitative estimate of drug-likeness (QED) is 0.803. The molecule has 2 aromatic rings. The number of benzene rings is 2. The third-order valence-corrected chi connectivity index (χ3v) is 2.89. The molecule has 2 rings (SSSR count). The largest absolute Gasteiger partial charge is 0.326 e. The third-order valence-electron chi connectivity index (χ3n) is 2.89. The Hall–Kier alpha value is -2.40. The fraction of sp³-hybridized carbons (Fsp3) is 0.133. The highest BCUT2D eigenvalue weighted by molar-refractivity contribution is 6.00. The number of nitrogens with two attached hydrogens (primary N) is 1. The minimum absolute atomic E-state index is 0.345. The van der Waals surface area contributed by atoms with Crippen LogP contribution in [0.25, 0.3) is 0 Å². The molecule has 0 aliphatic rings. The summed E-state index contributed by atoms with van der Waals surface area (Å²) in [7, 11) is 0. The second-order valence-electron chi connectivity index (χ2n) is 4.44. The van der Waals surface area contributed by atoms with E-state index >= 15 is 0 Å². The summed E-state index contributed by atoms with van der Waals surface area (Å²) >= 11 is 0. The number of hydrogen-bond donors (Lipinski definition) is 3. The van der Waals surface area contributed by atoms with E-state index in [9.17, 15) is 9.18 Å². The van der Waals surface area contributed by atoms with Crippen LogP contribution < -0.4 is 16.4 Å². The van der Waals surface area contributed by atoms with Gasteiger partial charge in [0.25, 0.3) is 0 Å². The van der Waals surface area contributed by atoms with Crippen LogP contribution in [-0.2, 0) is 6.54 Å². The number of carbonyl (C=O) groups is 1. The van der Waals surface area contributed by atoms with Crippen molar-refractivity contribution in [1.82, 2.24) is 0 Å². The third kappa shape index (κ3) is 3.55. The van der Waals surface area contributed by atoms with Gasteiger partial charge in [0.15, 0.2) is 0 Å². The summed E-state index contributed by atoms with van der Waals surface area (Å²) in [4.78, 5) is 11.9. The molecule has 20 heavy (non-hydrogen) atoms. The minimum Gasteiger partial charge on any atom is -0.326 e. The van der Waals surface area contributed by atoms with E-state index in [1.165, 1.54) is 24.3 Å². The van der Waals surface area contributed by atoms with Crippen LogP contribution in [0.2, 0.25) is 0 Å². The number of anilines is 2. The van der Waals surface area contributed by atoms with E-state index in [4.69, 9.17) is 5.73 Å². The Labute approximate surface area is 116 Å². The van der Waals surface area contributed by atoms with Crippen LogP contribution in [0.15, 0.2) is 42.5 Å². The van der Waals surface area contributed by atoms with Crippen molar-refractivity contribution >= 4 is 17.4 Å². The predicted molar refractivity (Wildman–Crippen MR) is 78.1 cm³/mol. The Morgan fingerprint density at radius 1 is 1.15 bits per heavy atom. The molecule has 0 atom stereocenters. The number of amides is 2. The number of nitrogens with one attached hydrogen (secondary N) is 2. The average molecular weight is 273 g/mol. The van der Waals surface area contributed by atoms with Crippen LogP contribution >= 0.6 is 0 Å². The normalized spacial score (nSPS) is 10.2. The highest BCUT2D eigenvalue weighted by Gasteiger charge is 2.06. The maximum atomic E-state index is 12.8. The molecule has 0 radical (unpaired) electrons. The Kier molecular flexibility index (Phi) is 4.32. The number of aryl methyl sites for hydroxylation is 1. The van der Waals surface area contributed by atoms with Crippen LogP contribution in [0, 0.1) is 12.7 Å². The topological polar surface area (TPSA) is 67.1 Å². The highest BCUT2D eigenvalue weighted by Crippen LogP contribution is 2.17. The maximum absolute atomic E-state index is 12.8. The van der Waals surface area contributed by atoms with Gasteiger partial charge in [-0.15, -0.1) is 0 Å². The molecule has 0 saturated heterocycles. The van der Waals surface area contributed by atoms with Gasteiger partial charge in [-0.3, -0.25) is 0 Å². The van der Waals surface area contributed by atoms with Gasteiger partial charge in [-0.1, -0.05) is 12.1 Å². The van der Waals surface area contributed by atoms with E-state index in [2.05, 4.69) is 10.6 Å². The van der Waals surface area contributed by atoms with Crippen molar-refractivity contribution in [3.63, 3.8) is 0 Å². The van der Waals surface area contributed by atoms with Crippen LogP contribution in [0.5, 0.6) is 0 Å². The molecular formula is C15H16FN3O. The molecule has 0 fully saturated rings. The minimum atomic E-state index is -0.381. The summed E-state index contributed by atoms with van der Waals surface area (Å²) in [6.07, 6.45) is 0. The molecule has 0 unspecified atom stereocenters. The molecular weight excluding hydrogens is 257 g/mol. The van der Waals surface area contributed by atoms with Crippen LogP contribution in [-0.4, -0.2) is 6.03 Å². The molecule has 0 aromatic heterocycles. The molecule has 0 bridgehead atoms. The lowest BCUT2D eigenvalue weighted by molar-refractivity contribution is 0.262. The molecule has 0 heterocycles. The molecule has 0 aliphatic carbocycles. The van der Waals surface area contributed by atoms with E-state index in [0.717, 1.165) is 11.1 Å². The van der Waals surface area contributed by atoms with E-state index in [0.29, 0.717) is 17.9 Å². The Balaban J connectivity index is 2.06. The number of hydrogen-bond acceptors (Lipinski definition) is 2. The van der Waals surface area contributed by atoms with Gasteiger partial charge in [-0.05, 0) is 48.4 Å². The Bertz CT molecular complexity index is 611. The Morgan fingerprint density at radius 2 is 1.85 bits per heavy atom. The van der Waals surface area contributed by atoms with Gasteiger partial charge in [-0.25, -0.2) is 9.18 Å². The van der Waals surface area contributed by atoms with Crippen molar-refractivity contribution in [2.45, 2.75) is 13.5 Å². The fourth-order valence-corrected chi connectivity index (χ4v) is 1.75. The summed E-state index contributed by atoms with van der Waals surface area (Å²) in [5, 5.41) is 5.38. The van der Waals surface area contributed by atoms with Crippen molar-refractivity contribution in [3.8, 4) is 0 Å². The average Bonchev–Trinajstić information content (AvgIpc) is 2.44. The van der Waals surface area contributed by atoms with Gasteiger partial charge in [0.05, 0.1) is 0 Å². The van der Waals surface area contributed by atoms with Crippen molar-refractivity contribution in [2.75, 3.05) is 10.6 Å². The maximum Gasteiger partial charge on any atom is 0.323 e. The summed E-state index contributed by atoms with van der Waals surface area (Å²) in [6.45, 7) is 2.31. The molecule has 5 heteroatoms. The van der Waals surface area contributed by atoms with Crippen LogP contribution in [0.4, 0.5) is 20.6 Å². The van der Waals surface area contributed by atoms with E-state index in [-0.39, 0.29) is 11.8 Å². The zero-order valence-electron chi connectivity index (χ0n) is 11.1. The fourth-order valence-electron chi connectivity index (χ4n) is 1.75. The second kappa shape index (κ2) is 6.16. The molecule has 2 aromatic carbocycles. The molecule has 4 nitrogen and oxygen atoms in total. The van der Waals surface area contributed by atoms with Gasteiger partial charge < -0.3 is 16.4 Å². The lowest BCUT2D eigenvalue weighted by Gasteiger charge is -2.11. The zero-order valence-corrected chi connectivity index (χ0v) is 11.1. The number of urea groups is 1. The second-order valence-corrected chi connectivity index (χ2v) is 4.44. The van der Waals surface area contributed by atoms with Crippen molar-refractivity contribution in [2.24, 2.45) is 5.73 Å². The molecule has 4 N–H and O–H groups in total. The van der Waals surface area contributed by atoms with Gasteiger partial charge in [-0.2, -0.15) is 0 Å². The first-order valence-electron chi connectivity index (χ1n) is 6.21. The summed E-state index contributed by atoms with van der Waals surface area (Å²) < 4.78 is 12.8. The number of rotatable bonds is 3. The first kappa shape index (κ1) is 14.0. The summed E-state index contributed by atoms with van der Waals surface area (Å²) in [5.74, 6) is -0.345. The highest BCUT2D eigenvalue weighted by atomic mass is 19.1. The van der Waals surface area contributed by atoms with Gasteiger partial charge in [0.1, 0.15) is 5.82 Å². The molecule has 2 amide bonds. The lowest BCUT2D eigenvalue weighted by Crippen LogP contribution is -2.20. The van der Waals surface area contributed by atoms with E-state index in [1.807, 2.05) is 25.1 Å². The van der Waals surface area contributed by atoms with Gasteiger partial charge in [0, 0.05) is 17.9 Å². The van der Waals surface area contributed by atoms with E-state index < -0.39 is 0 Å². The zero-order chi connectivity index (χ0) is 14.5. The monoisotopic (exact) mass is 273 g/mol. The van der Waals surface area contributed by atoms with Crippen LogP contribution in [0.3, 0.4) is 0 Å². The molecule has 104 valence electrons. The summed E-state index contributed by atoms with van der Waals surface area (Å²) in [5.41, 5.74) is 8.68. The lowest BCUT2D eigenvalue weighted by atomic mass is 10.1. The van der Waals surface area contributed by atoms with Gasteiger partial charge >= 0.3 is 6.03 Å². The van der Waals surface area contributed by atoms with Crippen molar-refractivity contribution < 1.29 is 9.18 Å². The first-order valence-corrected chi connectivity index (χ1v) is 6.21. The van der Waals surface area contributed by atoms with E-state index in [1.54, 1.807) is 0 Å². The smallest absolute Gasteiger partial charge is 0.323 e. The SMILES string of the molecule is Cc1ccc(CN)cc1NC(=O)Nc1ccc(F)cc1. The number of carbonyl (C=O) groups excluding carboxylic acids is 1. The predicted octanol–water partition coefficient (Wildman–Crippen LogP) is 3.24. The molecule has 0 aliphatic heterocycles. The molecule has 0 saturated carbocycles. The number of halogens is 1. The standard InChI is InChI=1S/C15H16FN3O/c1-10-2-3-11(9-17)8-14(10)19-15(20)18-13-6-4-12(16)5-7-13/h2-8H,9,17H2,1H3,(H2,18,19,20). The first-order chi connectivity index (χ1) is 9.58. The van der Waals surface area contributed by atoms with Crippen molar-refractivity contribution in [3.05, 3.63) is 59.4 Å². The Morgan fingerprint density at radius 3 is 2.50 bits per heavy atom. The molecule has 0 spiro atoms. The van der Waals surface area contributed by atoms with Crippen molar-refractivity contribution in [1.29, 1.82) is 0 Å².